The highest BCUT2D eigenvalue weighted by molar-refractivity contribution is 6.04. The zero-order chi connectivity index (χ0) is 27.1. The Morgan fingerprint density at radius 2 is 1.90 bits per heavy atom. The Morgan fingerprint density at radius 1 is 1.10 bits per heavy atom. The predicted octanol–water partition coefficient (Wildman–Crippen LogP) is 5.02. The second-order valence-electron chi connectivity index (χ2n) is 10.3. The molecule has 3 aromatic rings. The molecule has 8 heteroatoms. The molecule has 1 aromatic heterocycles. The Kier molecular flexibility index (Phi) is 6.64. The van der Waals surface area contributed by atoms with Crippen LogP contribution in [-0.2, 0) is 19.1 Å². The molecule has 2 aromatic carbocycles. The highest BCUT2D eigenvalue weighted by atomic mass is 19.1. The van der Waals surface area contributed by atoms with E-state index < -0.39 is 11.9 Å². The minimum atomic E-state index is -0.944. The zero-order valence-corrected chi connectivity index (χ0v) is 21.5. The number of nitrogens with one attached hydrogen (secondary N) is 1. The van der Waals surface area contributed by atoms with Crippen LogP contribution in [0.5, 0.6) is 0 Å². The quantitative estimate of drug-likeness (QED) is 0.464. The monoisotopic (exact) mass is 529 g/mol. The number of fused-ring (bicyclic) bond motifs is 1. The highest BCUT2D eigenvalue weighted by Crippen LogP contribution is 2.45. The Hall–Kier alpha value is -4.04. The maximum atomic E-state index is 13.8. The van der Waals surface area contributed by atoms with E-state index in [1.165, 1.54) is 18.4 Å². The molecule has 1 N–H and O–H groups in total. The zero-order valence-electron chi connectivity index (χ0n) is 21.5. The van der Waals surface area contributed by atoms with E-state index in [4.69, 9.17) is 13.9 Å². The number of hydrogen-bond donors (Lipinski definition) is 1. The molecule has 39 heavy (non-hydrogen) atoms. The number of dihydropyridines is 1. The van der Waals surface area contributed by atoms with Crippen molar-refractivity contribution in [2.75, 3.05) is 13.2 Å². The predicted molar refractivity (Wildman–Crippen MR) is 141 cm³/mol. The summed E-state index contributed by atoms with van der Waals surface area (Å²) in [7, 11) is 0. The second-order valence-corrected chi connectivity index (χ2v) is 10.3. The maximum Gasteiger partial charge on any atom is 0.336 e. The van der Waals surface area contributed by atoms with E-state index in [-0.39, 0.29) is 53.2 Å². The molecule has 3 heterocycles. The van der Waals surface area contributed by atoms with Crippen LogP contribution in [0.1, 0.15) is 55.6 Å². The van der Waals surface area contributed by atoms with E-state index in [9.17, 15) is 18.8 Å². The Morgan fingerprint density at radius 3 is 2.67 bits per heavy atom. The number of Topliss-reactive ketones (excluding diaryl/α,β-unsaturated/α-hetero) is 1. The van der Waals surface area contributed by atoms with Gasteiger partial charge in [0.1, 0.15) is 18.0 Å². The van der Waals surface area contributed by atoms with Crippen LogP contribution in [0.25, 0.3) is 11.0 Å². The van der Waals surface area contributed by atoms with Crippen molar-refractivity contribution in [2.45, 2.75) is 50.5 Å². The number of rotatable bonds is 5. The van der Waals surface area contributed by atoms with Gasteiger partial charge in [-0.05, 0) is 61.9 Å². The molecule has 1 saturated heterocycles. The van der Waals surface area contributed by atoms with Gasteiger partial charge in [-0.25, -0.2) is 9.18 Å². The molecule has 0 bridgehead atoms. The van der Waals surface area contributed by atoms with Crippen LogP contribution >= 0.6 is 0 Å². The number of carbonyl (C=O) groups excluding carboxylic acids is 2. The van der Waals surface area contributed by atoms with Gasteiger partial charge in [-0.1, -0.05) is 24.3 Å². The first-order valence-electron chi connectivity index (χ1n) is 13.2. The molecule has 0 spiro atoms. The molecule has 0 radical (unpaired) electrons. The van der Waals surface area contributed by atoms with Crippen molar-refractivity contribution in [1.29, 1.82) is 0 Å². The van der Waals surface area contributed by atoms with Crippen LogP contribution in [0.15, 0.2) is 86.5 Å². The number of carbonyl (C=O) groups is 2. The summed E-state index contributed by atoms with van der Waals surface area (Å²) in [6.07, 6.45) is 3.53. The number of hydrogen-bond acceptors (Lipinski definition) is 7. The lowest BCUT2D eigenvalue weighted by molar-refractivity contribution is -0.142. The molecule has 1 fully saturated rings. The van der Waals surface area contributed by atoms with Gasteiger partial charge in [-0.15, -0.1) is 0 Å². The molecule has 6 rings (SSSR count). The van der Waals surface area contributed by atoms with Gasteiger partial charge in [0.05, 0.1) is 29.2 Å². The van der Waals surface area contributed by atoms with Crippen LogP contribution in [-0.4, -0.2) is 31.1 Å². The first kappa shape index (κ1) is 25.2. The largest absolute Gasteiger partial charge is 0.464 e. The van der Waals surface area contributed by atoms with Gasteiger partial charge in [0, 0.05) is 35.6 Å². The Balaban J connectivity index is 1.43. The second kappa shape index (κ2) is 10.3. The molecule has 3 atom stereocenters. The molecule has 1 aliphatic carbocycles. The summed E-state index contributed by atoms with van der Waals surface area (Å²) >= 11 is 0. The van der Waals surface area contributed by atoms with E-state index in [0.29, 0.717) is 41.0 Å². The van der Waals surface area contributed by atoms with Crippen LogP contribution in [0, 0.1) is 5.82 Å². The van der Waals surface area contributed by atoms with Crippen molar-refractivity contribution in [1.82, 2.24) is 5.32 Å². The van der Waals surface area contributed by atoms with E-state index in [1.54, 1.807) is 43.3 Å². The van der Waals surface area contributed by atoms with Gasteiger partial charge in [0.2, 0.25) is 0 Å². The molecule has 3 aliphatic rings. The fraction of sp³-hybridized carbons (Fsp3) is 0.323. The summed E-state index contributed by atoms with van der Waals surface area (Å²) in [5.41, 5.74) is 2.91. The van der Waals surface area contributed by atoms with Crippen molar-refractivity contribution in [2.24, 2.45) is 0 Å². The standard InChI is InChI=1S/C31H28FNO6/c1-17-27(31(36)39-15-21-5-4-12-37-21)28(23-16-38-26-7-3-2-6-22(26)30(23)35)29-24(33-17)13-19(14-25(29)34)18-8-10-20(32)11-9-18/h2-3,6-11,16,19,21,28,33H,4-5,12-15H2,1H3/t19-,21-,28+/m1/s1. The molecule has 0 saturated carbocycles. The number of halogens is 1. The molecule has 0 amide bonds. The lowest BCUT2D eigenvalue weighted by atomic mass is 9.72. The molecular weight excluding hydrogens is 501 g/mol. The summed E-state index contributed by atoms with van der Waals surface area (Å²) < 4.78 is 30.6. The molecule has 200 valence electrons. The molecule has 0 unspecified atom stereocenters. The number of para-hydroxylation sites is 1. The lowest BCUT2D eigenvalue weighted by Gasteiger charge is -2.36. The maximum absolute atomic E-state index is 13.8. The number of esters is 1. The average molecular weight is 530 g/mol. The van der Waals surface area contributed by atoms with Crippen molar-refractivity contribution in [3.63, 3.8) is 0 Å². The third-order valence-electron chi connectivity index (χ3n) is 7.83. The van der Waals surface area contributed by atoms with Gasteiger partial charge in [-0.3, -0.25) is 9.59 Å². The third kappa shape index (κ3) is 4.69. The fourth-order valence-electron chi connectivity index (χ4n) is 5.91. The number of allylic oxidation sites excluding steroid dienone is 3. The van der Waals surface area contributed by atoms with Crippen LogP contribution in [0.4, 0.5) is 4.39 Å². The lowest BCUT2D eigenvalue weighted by Crippen LogP contribution is -2.38. The minimum Gasteiger partial charge on any atom is -0.464 e. The van der Waals surface area contributed by atoms with Gasteiger partial charge in [0.25, 0.3) is 0 Å². The number of ketones is 1. The smallest absolute Gasteiger partial charge is 0.336 e. The third-order valence-corrected chi connectivity index (χ3v) is 7.83. The Labute approximate surface area is 224 Å². The van der Waals surface area contributed by atoms with Gasteiger partial charge in [-0.2, -0.15) is 0 Å². The normalized spacial score (nSPS) is 23.1. The summed E-state index contributed by atoms with van der Waals surface area (Å²) in [4.78, 5) is 41.0. The molecule has 2 aliphatic heterocycles. The Bertz CT molecular complexity index is 1580. The van der Waals surface area contributed by atoms with Crippen molar-refractivity contribution in [3.05, 3.63) is 105 Å². The van der Waals surface area contributed by atoms with E-state index >= 15 is 0 Å². The summed E-state index contributed by atoms with van der Waals surface area (Å²) in [5.74, 6) is -2.25. The first-order valence-corrected chi connectivity index (χ1v) is 13.2. The highest BCUT2D eigenvalue weighted by Gasteiger charge is 2.43. The van der Waals surface area contributed by atoms with E-state index in [0.717, 1.165) is 18.4 Å². The van der Waals surface area contributed by atoms with E-state index in [1.807, 2.05) is 0 Å². The van der Waals surface area contributed by atoms with Gasteiger partial charge < -0.3 is 19.2 Å². The fourth-order valence-corrected chi connectivity index (χ4v) is 5.91. The molecular formula is C31H28FNO6. The summed E-state index contributed by atoms with van der Waals surface area (Å²) in [5, 5.41) is 3.64. The van der Waals surface area contributed by atoms with Crippen molar-refractivity contribution < 1.29 is 27.9 Å². The number of ether oxygens (including phenoxy) is 2. The van der Waals surface area contributed by atoms with Crippen LogP contribution in [0.2, 0.25) is 0 Å². The van der Waals surface area contributed by atoms with Crippen LogP contribution < -0.4 is 10.7 Å². The van der Waals surface area contributed by atoms with Gasteiger partial charge >= 0.3 is 5.97 Å². The topological polar surface area (TPSA) is 94.8 Å². The van der Waals surface area contributed by atoms with Crippen molar-refractivity contribution >= 4 is 22.7 Å². The minimum absolute atomic E-state index is 0.0984. The SMILES string of the molecule is CC1=C(C(=O)OC[C@H]2CCCO2)[C@H](c2coc3ccccc3c2=O)C2=C(C[C@@H](c3ccc(F)cc3)CC2=O)N1. The number of benzene rings is 2. The average Bonchev–Trinajstić information content (AvgIpc) is 3.46. The van der Waals surface area contributed by atoms with Gasteiger partial charge in [0.15, 0.2) is 11.2 Å². The molecule has 7 nitrogen and oxygen atoms in total. The van der Waals surface area contributed by atoms with E-state index in [2.05, 4.69) is 5.32 Å². The first-order chi connectivity index (χ1) is 18.9. The summed E-state index contributed by atoms with van der Waals surface area (Å²) in [6.45, 7) is 2.47. The van der Waals surface area contributed by atoms with Crippen LogP contribution in [0.3, 0.4) is 0 Å². The summed E-state index contributed by atoms with van der Waals surface area (Å²) in [6, 6.07) is 13.0. The van der Waals surface area contributed by atoms with Crippen molar-refractivity contribution in [3.8, 4) is 0 Å².